The van der Waals surface area contributed by atoms with Gasteiger partial charge in [0.25, 0.3) is 0 Å². The number of hydrogen-bond donors (Lipinski definition) is 1. The van der Waals surface area contributed by atoms with E-state index in [-0.39, 0.29) is 24.1 Å². The molecule has 0 heterocycles. The minimum atomic E-state index is -0.472. The van der Waals surface area contributed by atoms with Gasteiger partial charge >= 0.3 is 5.97 Å². The van der Waals surface area contributed by atoms with Gasteiger partial charge in [0.2, 0.25) is 0 Å². The maximum atomic E-state index is 11.2. The molecule has 4 nitrogen and oxygen atoms in total. The third kappa shape index (κ3) is 5.48. The number of phenols is 1. The number of aryl methyl sites for hydroxylation is 1. The molecule has 1 N–H and O–H groups in total. The fourth-order valence-corrected chi connectivity index (χ4v) is 1.56. The van der Waals surface area contributed by atoms with Crippen molar-refractivity contribution in [2.45, 2.75) is 39.2 Å². The van der Waals surface area contributed by atoms with E-state index in [4.69, 9.17) is 9.84 Å². The van der Waals surface area contributed by atoms with Crippen LogP contribution in [-0.2, 0) is 20.7 Å². The highest BCUT2D eigenvalue weighted by Gasteiger charge is 2.11. The second-order valence-corrected chi connectivity index (χ2v) is 4.38. The van der Waals surface area contributed by atoms with E-state index >= 15 is 0 Å². The van der Waals surface area contributed by atoms with Crippen LogP contribution >= 0.6 is 0 Å². The van der Waals surface area contributed by atoms with Gasteiger partial charge in [0, 0.05) is 0 Å². The van der Waals surface area contributed by atoms with Crippen molar-refractivity contribution in [1.29, 1.82) is 0 Å². The summed E-state index contributed by atoms with van der Waals surface area (Å²) in [4.78, 5) is 22.0. The Hall–Kier alpha value is -1.84. The maximum absolute atomic E-state index is 11.2. The van der Waals surface area contributed by atoms with Crippen LogP contribution in [0.4, 0.5) is 0 Å². The van der Waals surface area contributed by atoms with E-state index in [1.807, 2.05) is 12.1 Å². The molecule has 0 spiro atoms. The van der Waals surface area contributed by atoms with Crippen LogP contribution in [0.2, 0.25) is 0 Å². The maximum Gasteiger partial charge on any atom is 0.313 e. The van der Waals surface area contributed by atoms with Crippen LogP contribution in [0.5, 0.6) is 5.75 Å². The van der Waals surface area contributed by atoms with E-state index in [9.17, 15) is 9.59 Å². The molecule has 0 amide bonds. The van der Waals surface area contributed by atoms with Gasteiger partial charge in [0.1, 0.15) is 18.0 Å². The molecule has 0 saturated carbocycles. The number of ketones is 1. The van der Waals surface area contributed by atoms with Crippen LogP contribution in [0.25, 0.3) is 0 Å². The van der Waals surface area contributed by atoms with Gasteiger partial charge < -0.3 is 9.84 Å². The summed E-state index contributed by atoms with van der Waals surface area (Å²) in [7, 11) is 0. The summed E-state index contributed by atoms with van der Waals surface area (Å²) in [5.41, 5.74) is 1.07. The van der Waals surface area contributed by atoms with Gasteiger partial charge in [0.05, 0.1) is 6.10 Å². The van der Waals surface area contributed by atoms with Crippen molar-refractivity contribution >= 4 is 11.8 Å². The van der Waals surface area contributed by atoms with Crippen molar-refractivity contribution in [2.75, 3.05) is 0 Å². The zero-order chi connectivity index (χ0) is 13.5. The number of esters is 1. The van der Waals surface area contributed by atoms with Crippen molar-refractivity contribution in [1.82, 2.24) is 0 Å². The molecule has 0 aliphatic carbocycles. The predicted octanol–water partition coefficient (Wildman–Crippen LogP) is 2.24. The Labute approximate surface area is 107 Å². The van der Waals surface area contributed by atoms with Gasteiger partial charge in [-0.05, 0) is 44.4 Å². The number of phenolic OH excluding ortho intramolecular Hbond substituents is 1. The Morgan fingerprint density at radius 3 is 2.44 bits per heavy atom. The van der Waals surface area contributed by atoms with Gasteiger partial charge in [0.15, 0.2) is 0 Å². The molecule has 1 rings (SSSR count). The van der Waals surface area contributed by atoms with E-state index in [1.54, 1.807) is 19.1 Å². The van der Waals surface area contributed by atoms with Crippen LogP contribution in [0.15, 0.2) is 24.3 Å². The molecule has 4 heteroatoms. The second kappa shape index (κ2) is 6.79. The third-order valence-corrected chi connectivity index (χ3v) is 2.50. The first kappa shape index (κ1) is 14.2. The highest BCUT2D eigenvalue weighted by atomic mass is 16.5. The first-order valence-corrected chi connectivity index (χ1v) is 5.94. The predicted molar refractivity (Wildman–Crippen MR) is 67.3 cm³/mol. The number of benzene rings is 1. The van der Waals surface area contributed by atoms with Crippen LogP contribution in [0.1, 0.15) is 32.3 Å². The minimum absolute atomic E-state index is 0.163. The van der Waals surface area contributed by atoms with Crippen LogP contribution in [-0.4, -0.2) is 23.0 Å². The summed E-state index contributed by atoms with van der Waals surface area (Å²) < 4.78 is 5.10. The topological polar surface area (TPSA) is 63.6 Å². The number of carbonyl (C=O) groups excluding carboxylic acids is 2. The number of hydrogen-bond acceptors (Lipinski definition) is 4. The lowest BCUT2D eigenvalue weighted by molar-refractivity contribution is -0.150. The molecular formula is C14H18O4. The van der Waals surface area contributed by atoms with Gasteiger partial charge in [-0.2, -0.15) is 0 Å². The quantitative estimate of drug-likeness (QED) is 0.621. The third-order valence-electron chi connectivity index (χ3n) is 2.50. The molecule has 98 valence electrons. The summed E-state index contributed by atoms with van der Waals surface area (Å²) in [6.07, 6.45) is 1.07. The van der Waals surface area contributed by atoms with Crippen molar-refractivity contribution < 1.29 is 19.4 Å². The Morgan fingerprint density at radius 1 is 1.28 bits per heavy atom. The van der Waals surface area contributed by atoms with E-state index < -0.39 is 5.97 Å². The SMILES string of the molecule is CC(=O)CC(=O)OC(C)CCc1ccc(O)cc1. The van der Waals surface area contributed by atoms with Crippen LogP contribution in [0, 0.1) is 0 Å². The zero-order valence-electron chi connectivity index (χ0n) is 10.7. The molecule has 1 atom stereocenters. The monoisotopic (exact) mass is 250 g/mol. The lowest BCUT2D eigenvalue weighted by Gasteiger charge is -2.12. The van der Waals surface area contributed by atoms with Crippen LogP contribution < -0.4 is 0 Å². The van der Waals surface area contributed by atoms with E-state index in [0.717, 1.165) is 12.0 Å². The summed E-state index contributed by atoms with van der Waals surface area (Å²) in [6, 6.07) is 6.92. The zero-order valence-corrected chi connectivity index (χ0v) is 10.7. The average molecular weight is 250 g/mol. The Kier molecular flexibility index (Phi) is 5.36. The molecule has 1 unspecified atom stereocenters. The molecule has 0 saturated heterocycles. The molecule has 1 aromatic carbocycles. The summed E-state index contributed by atoms with van der Waals surface area (Å²) >= 11 is 0. The van der Waals surface area contributed by atoms with Gasteiger partial charge in [-0.15, -0.1) is 0 Å². The standard InChI is InChI=1S/C14H18O4/c1-10(15)9-14(17)18-11(2)3-4-12-5-7-13(16)8-6-12/h5-8,11,16H,3-4,9H2,1-2H3. The van der Waals surface area contributed by atoms with Gasteiger partial charge in [-0.25, -0.2) is 0 Å². The van der Waals surface area contributed by atoms with E-state index in [1.165, 1.54) is 6.92 Å². The number of aromatic hydroxyl groups is 1. The molecule has 0 aliphatic heterocycles. The number of carbonyl (C=O) groups is 2. The lowest BCUT2D eigenvalue weighted by Crippen LogP contribution is -2.17. The first-order valence-electron chi connectivity index (χ1n) is 5.94. The van der Waals surface area contributed by atoms with E-state index in [2.05, 4.69) is 0 Å². The van der Waals surface area contributed by atoms with Crippen molar-refractivity contribution in [3.8, 4) is 5.75 Å². The van der Waals surface area contributed by atoms with Crippen molar-refractivity contribution in [3.63, 3.8) is 0 Å². The van der Waals surface area contributed by atoms with Gasteiger partial charge in [-0.3, -0.25) is 9.59 Å². The summed E-state index contributed by atoms with van der Waals surface area (Å²) in [5.74, 6) is -0.425. The molecule has 1 aromatic rings. The summed E-state index contributed by atoms with van der Waals surface area (Å²) in [6.45, 7) is 3.17. The molecule has 0 radical (unpaired) electrons. The molecule has 18 heavy (non-hydrogen) atoms. The van der Waals surface area contributed by atoms with Gasteiger partial charge in [-0.1, -0.05) is 12.1 Å². The molecule has 0 aromatic heterocycles. The Balaban J connectivity index is 2.32. The molecule has 0 aliphatic rings. The average Bonchev–Trinajstić information content (AvgIpc) is 2.27. The Morgan fingerprint density at radius 2 is 1.89 bits per heavy atom. The van der Waals surface area contributed by atoms with Crippen molar-refractivity contribution in [2.24, 2.45) is 0 Å². The highest BCUT2D eigenvalue weighted by molar-refractivity contribution is 5.94. The fraction of sp³-hybridized carbons (Fsp3) is 0.429. The number of ether oxygens (including phenoxy) is 1. The smallest absolute Gasteiger partial charge is 0.313 e. The highest BCUT2D eigenvalue weighted by Crippen LogP contribution is 2.13. The van der Waals surface area contributed by atoms with Crippen LogP contribution in [0.3, 0.4) is 0 Å². The van der Waals surface area contributed by atoms with E-state index in [0.29, 0.717) is 6.42 Å². The summed E-state index contributed by atoms with van der Waals surface area (Å²) in [5, 5.41) is 9.14. The number of Topliss-reactive ketones (excluding diaryl/α,β-unsaturated/α-hetero) is 1. The Bertz CT molecular complexity index is 408. The fourth-order valence-electron chi connectivity index (χ4n) is 1.56. The largest absolute Gasteiger partial charge is 0.508 e. The molecular weight excluding hydrogens is 232 g/mol. The minimum Gasteiger partial charge on any atom is -0.508 e. The molecule has 0 fully saturated rings. The van der Waals surface area contributed by atoms with Crippen molar-refractivity contribution in [3.05, 3.63) is 29.8 Å². The normalized spacial score (nSPS) is 11.9. The lowest BCUT2D eigenvalue weighted by atomic mass is 10.1. The first-order chi connectivity index (χ1) is 8.47. The second-order valence-electron chi connectivity index (χ2n) is 4.38. The number of rotatable bonds is 6. The molecule has 0 bridgehead atoms.